The van der Waals surface area contributed by atoms with Crippen molar-refractivity contribution in [1.29, 1.82) is 0 Å². The van der Waals surface area contributed by atoms with E-state index in [0.29, 0.717) is 52.0 Å². The molecule has 0 N–H and O–H groups in total. The summed E-state index contributed by atoms with van der Waals surface area (Å²) in [7, 11) is 1.37. The number of hydrogen-bond acceptors (Lipinski definition) is 4. The van der Waals surface area contributed by atoms with Crippen LogP contribution >= 0.6 is 0 Å². The van der Waals surface area contributed by atoms with Crippen molar-refractivity contribution in [1.82, 2.24) is 14.7 Å². The summed E-state index contributed by atoms with van der Waals surface area (Å²) in [5.41, 5.74) is 2.24. The van der Waals surface area contributed by atoms with Crippen LogP contribution in [0.3, 0.4) is 0 Å². The molecule has 0 bridgehead atoms. The highest BCUT2D eigenvalue weighted by Crippen LogP contribution is 2.26. The average molecular weight is 402 g/mol. The highest BCUT2D eigenvalue weighted by Gasteiger charge is 2.37. The van der Waals surface area contributed by atoms with E-state index >= 15 is 0 Å². The fourth-order valence-corrected chi connectivity index (χ4v) is 4.13. The van der Waals surface area contributed by atoms with E-state index in [9.17, 15) is 14.4 Å². The Morgan fingerprint density at radius 3 is 2.38 bits per heavy atom. The summed E-state index contributed by atoms with van der Waals surface area (Å²) in [6.07, 6.45) is 1.31. The van der Waals surface area contributed by atoms with Gasteiger partial charge in [0, 0.05) is 45.6 Å². The third-order valence-corrected chi connectivity index (χ3v) is 5.68. The van der Waals surface area contributed by atoms with E-state index in [2.05, 4.69) is 0 Å². The first kappa shape index (κ1) is 21.1. The summed E-state index contributed by atoms with van der Waals surface area (Å²) >= 11 is 0. The maximum atomic E-state index is 13.5. The highest BCUT2D eigenvalue weighted by atomic mass is 16.5. The minimum Gasteiger partial charge on any atom is -0.453 e. The van der Waals surface area contributed by atoms with E-state index in [1.54, 1.807) is 14.7 Å². The third-order valence-electron chi connectivity index (χ3n) is 5.68. The van der Waals surface area contributed by atoms with Crippen LogP contribution in [0.25, 0.3) is 0 Å². The van der Waals surface area contributed by atoms with Gasteiger partial charge in [-0.05, 0) is 23.5 Å². The van der Waals surface area contributed by atoms with E-state index in [1.165, 1.54) is 7.11 Å². The lowest BCUT2D eigenvalue weighted by molar-refractivity contribution is -0.147. The standard InChI is InChI=1S/C22H31N3O4/c1-16(2)13-20(26)25-15-18-8-5-4-7-17(18)14-19(25)21(27)23-9-6-10-24(12-11-23)22(28)29-3/h4-5,7-8,16,19H,6,9-15H2,1-3H3. The van der Waals surface area contributed by atoms with Crippen molar-refractivity contribution in [3.63, 3.8) is 0 Å². The average Bonchev–Trinajstić information content (AvgIpc) is 2.97. The first-order valence-electron chi connectivity index (χ1n) is 10.4. The number of ether oxygens (including phenoxy) is 1. The van der Waals surface area contributed by atoms with Crippen molar-refractivity contribution in [3.8, 4) is 0 Å². The van der Waals surface area contributed by atoms with E-state index in [-0.39, 0.29) is 23.8 Å². The van der Waals surface area contributed by atoms with Crippen LogP contribution in [0.1, 0.15) is 37.8 Å². The number of benzene rings is 1. The van der Waals surface area contributed by atoms with Gasteiger partial charge in [0.25, 0.3) is 0 Å². The molecule has 7 nitrogen and oxygen atoms in total. The van der Waals surface area contributed by atoms with Crippen molar-refractivity contribution < 1.29 is 19.1 Å². The number of nitrogens with zero attached hydrogens (tertiary/aromatic N) is 3. The molecule has 3 rings (SSSR count). The van der Waals surface area contributed by atoms with E-state index < -0.39 is 6.04 Å². The van der Waals surface area contributed by atoms with Gasteiger partial charge in [0.15, 0.2) is 0 Å². The van der Waals surface area contributed by atoms with Crippen LogP contribution in [0.15, 0.2) is 24.3 Å². The van der Waals surface area contributed by atoms with Gasteiger partial charge in [-0.2, -0.15) is 0 Å². The summed E-state index contributed by atoms with van der Waals surface area (Å²) in [5.74, 6) is 0.240. The summed E-state index contributed by atoms with van der Waals surface area (Å²) in [6, 6.07) is 7.54. The van der Waals surface area contributed by atoms with Gasteiger partial charge in [0.05, 0.1) is 7.11 Å². The second-order valence-electron chi connectivity index (χ2n) is 8.24. The molecule has 2 aliphatic rings. The number of rotatable bonds is 3. The fourth-order valence-electron chi connectivity index (χ4n) is 4.13. The van der Waals surface area contributed by atoms with Crippen LogP contribution < -0.4 is 0 Å². The number of amides is 3. The molecule has 158 valence electrons. The lowest BCUT2D eigenvalue weighted by atomic mass is 9.92. The maximum absolute atomic E-state index is 13.5. The molecule has 1 unspecified atom stereocenters. The van der Waals surface area contributed by atoms with Crippen molar-refractivity contribution >= 4 is 17.9 Å². The predicted molar refractivity (Wildman–Crippen MR) is 109 cm³/mol. The molecule has 0 saturated carbocycles. The van der Waals surface area contributed by atoms with Crippen LogP contribution in [0, 0.1) is 5.92 Å². The molecular formula is C22H31N3O4. The molecule has 0 radical (unpaired) electrons. The van der Waals surface area contributed by atoms with Gasteiger partial charge in [0.2, 0.25) is 11.8 Å². The van der Waals surface area contributed by atoms with E-state index in [0.717, 1.165) is 11.1 Å². The van der Waals surface area contributed by atoms with Crippen LogP contribution in [-0.4, -0.2) is 71.9 Å². The van der Waals surface area contributed by atoms with Crippen molar-refractivity contribution in [2.24, 2.45) is 5.92 Å². The Morgan fingerprint density at radius 1 is 1.03 bits per heavy atom. The Labute approximate surface area is 172 Å². The summed E-state index contributed by atoms with van der Waals surface area (Å²) in [5, 5.41) is 0. The Balaban J connectivity index is 1.78. The Hall–Kier alpha value is -2.57. The van der Waals surface area contributed by atoms with Gasteiger partial charge in [-0.15, -0.1) is 0 Å². The van der Waals surface area contributed by atoms with Gasteiger partial charge < -0.3 is 19.4 Å². The highest BCUT2D eigenvalue weighted by molar-refractivity contribution is 5.88. The molecule has 0 aromatic heterocycles. The number of carbonyl (C=O) groups excluding carboxylic acids is 3. The van der Waals surface area contributed by atoms with Crippen molar-refractivity contribution in [2.45, 2.75) is 45.7 Å². The normalized spacial score (nSPS) is 19.6. The van der Waals surface area contributed by atoms with Crippen LogP contribution in [0.2, 0.25) is 0 Å². The van der Waals surface area contributed by atoms with Crippen LogP contribution in [0.4, 0.5) is 4.79 Å². The second-order valence-corrected chi connectivity index (χ2v) is 8.24. The molecule has 7 heteroatoms. The number of carbonyl (C=O) groups is 3. The second kappa shape index (κ2) is 9.29. The Morgan fingerprint density at radius 2 is 1.69 bits per heavy atom. The molecule has 1 aromatic carbocycles. The van der Waals surface area contributed by atoms with Crippen LogP contribution in [-0.2, 0) is 27.3 Å². The summed E-state index contributed by atoms with van der Waals surface area (Å²) in [6.45, 7) is 6.56. The molecule has 29 heavy (non-hydrogen) atoms. The first-order chi connectivity index (χ1) is 13.9. The van der Waals surface area contributed by atoms with E-state index in [4.69, 9.17) is 4.74 Å². The topological polar surface area (TPSA) is 70.2 Å². The molecule has 1 saturated heterocycles. The zero-order valence-corrected chi connectivity index (χ0v) is 17.6. The van der Waals surface area contributed by atoms with Crippen LogP contribution in [0.5, 0.6) is 0 Å². The predicted octanol–water partition coefficient (Wildman–Crippen LogP) is 2.29. The van der Waals surface area contributed by atoms with Crippen molar-refractivity contribution in [3.05, 3.63) is 35.4 Å². The zero-order chi connectivity index (χ0) is 21.0. The molecule has 3 amide bonds. The SMILES string of the molecule is COC(=O)N1CCCN(C(=O)C2Cc3ccccc3CN2C(=O)CC(C)C)CC1. The minimum absolute atomic E-state index is 0.0247. The third kappa shape index (κ3) is 4.89. The zero-order valence-electron chi connectivity index (χ0n) is 17.6. The fraction of sp³-hybridized carbons (Fsp3) is 0.591. The smallest absolute Gasteiger partial charge is 0.409 e. The van der Waals surface area contributed by atoms with Gasteiger partial charge in [0.1, 0.15) is 6.04 Å². The molecule has 1 aromatic rings. The monoisotopic (exact) mass is 401 g/mol. The lowest BCUT2D eigenvalue weighted by Crippen LogP contribution is -2.54. The van der Waals surface area contributed by atoms with Gasteiger partial charge >= 0.3 is 6.09 Å². The maximum Gasteiger partial charge on any atom is 0.409 e. The van der Waals surface area contributed by atoms with Gasteiger partial charge in [-0.3, -0.25) is 9.59 Å². The molecule has 2 heterocycles. The molecule has 1 fully saturated rings. The summed E-state index contributed by atoms with van der Waals surface area (Å²) in [4.78, 5) is 43.4. The molecule has 0 aliphatic carbocycles. The number of methoxy groups -OCH3 is 1. The molecule has 0 spiro atoms. The van der Waals surface area contributed by atoms with E-state index in [1.807, 2.05) is 38.1 Å². The Bertz CT molecular complexity index is 764. The minimum atomic E-state index is -0.485. The molecule has 2 aliphatic heterocycles. The largest absolute Gasteiger partial charge is 0.453 e. The number of fused-ring (bicyclic) bond motifs is 1. The summed E-state index contributed by atoms with van der Waals surface area (Å²) < 4.78 is 4.81. The molecular weight excluding hydrogens is 370 g/mol. The van der Waals surface area contributed by atoms with Gasteiger partial charge in [-0.25, -0.2) is 4.79 Å². The van der Waals surface area contributed by atoms with Gasteiger partial charge in [-0.1, -0.05) is 38.1 Å². The quantitative estimate of drug-likeness (QED) is 0.779. The lowest BCUT2D eigenvalue weighted by Gasteiger charge is -2.39. The Kier molecular flexibility index (Phi) is 6.77. The number of hydrogen-bond donors (Lipinski definition) is 0. The van der Waals surface area contributed by atoms with Crippen molar-refractivity contribution in [2.75, 3.05) is 33.3 Å². The molecule has 1 atom stereocenters. The first-order valence-corrected chi connectivity index (χ1v) is 10.4.